The third-order valence-corrected chi connectivity index (χ3v) is 4.02. The van der Waals surface area contributed by atoms with Gasteiger partial charge in [-0.1, -0.05) is 24.6 Å². The highest BCUT2D eigenvalue weighted by Crippen LogP contribution is 2.27. The number of nitrogens with zero attached hydrogens (tertiary/aromatic N) is 3. The zero-order valence-corrected chi connectivity index (χ0v) is 14.6. The Balaban J connectivity index is 1.87. The summed E-state index contributed by atoms with van der Waals surface area (Å²) in [6, 6.07) is 8.12. The Morgan fingerprint density at radius 2 is 2.28 bits per heavy atom. The van der Waals surface area contributed by atoms with Gasteiger partial charge >= 0.3 is 5.97 Å². The number of carboxylic acid groups (broad SMARTS) is 1. The molecule has 128 valence electrons. The Bertz CT molecular complexity index is 1020. The monoisotopic (exact) mass is 376 g/mol. The quantitative estimate of drug-likeness (QED) is 0.518. The Kier molecular flexibility index (Phi) is 4.82. The molecule has 0 aliphatic rings. The van der Waals surface area contributed by atoms with E-state index in [1.165, 1.54) is 17.0 Å². The summed E-state index contributed by atoms with van der Waals surface area (Å²) in [4.78, 5) is 11.0. The average Bonchev–Trinajstić information content (AvgIpc) is 3.19. The molecule has 2 N–H and O–H groups in total. The summed E-state index contributed by atoms with van der Waals surface area (Å²) in [6.45, 7) is 1.95. The van der Waals surface area contributed by atoms with Gasteiger partial charge in [0.1, 0.15) is 11.5 Å². The van der Waals surface area contributed by atoms with Gasteiger partial charge in [-0.15, -0.1) is 0 Å². The molecule has 25 heavy (non-hydrogen) atoms. The van der Waals surface area contributed by atoms with Crippen LogP contribution in [0, 0.1) is 4.77 Å². The molecule has 0 aliphatic carbocycles. The van der Waals surface area contributed by atoms with Crippen molar-refractivity contribution in [1.29, 1.82) is 0 Å². The van der Waals surface area contributed by atoms with Gasteiger partial charge < -0.3 is 9.52 Å². The molecule has 9 heteroatoms. The number of carbonyl (C=O) groups is 1. The molecule has 3 rings (SSSR count). The first kappa shape index (κ1) is 17.1. The minimum atomic E-state index is -1.08. The molecule has 0 spiro atoms. The number of aromatic nitrogens is 3. The van der Waals surface area contributed by atoms with Crippen LogP contribution in [0.5, 0.6) is 0 Å². The average molecular weight is 377 g/mol. The highest BCUT2D eigenvalue weighted by molar-refractivity contribution is 7.71. The summed E-state index contributed by atoms with van der Waals surface area (Å²) in [5.41, 5.74) is 0.712. The van der Waals surface area contributed by atoms with Gasteiger partial charge in [0.05, 0.1) is 16.8 Å². The number of benzene rings is 1. The van der Waals surface area contributed by atoms with Crippen molar-refractivity contribution in [3.63, 3.8) is 0 Å². The van der Waals surface area contributed by atoms with Crippen molar-refractivity contribution in [2.45, 2.75) is 13.3 Å². The van der Waals surface area contributed by atoms with Crippen LogP contribution in [-0.2, 0) is 6.42 Å². The number of hydrogen-bond donors (Lipinski definition) is 2. The fraction of sp³-hybridized carbons (Fsp3) is 0.125. The summed E-state index contributed by atoms with van der Waals surface area (Å²) in [5, 5.41) is 20.2. The van der Waals surface area contributed by atoms with Crippen LogP contribution >= 0.6 is 23.8 Å². The summed E-state index contributed by atoms with van der Waals surface area (Å²) < 4.78 is 7.63. The lowest BCUT2D eigenvalue weighted by Crippen LogP contribution is -1.97. The third kappa shape index (κ3) is 3.54. The molecule has 0 radical (unpaired) electrons. The molecular weight excluding hydrogens is 364 g/mol. The maximum absolute atomic E-state index is 11.0. The second kappa shape index (κ2) is 7.04. The number of aryl methyl sites for hydroxylation is 1. The largest absolute Gasteiger partial charge is 0.478 e. The van der Waals surface area contributed by atoms with E-state index >= 15 is 0 Å². The van der Waals surface area contributed by atoms with Crippen molar-refractivity contribution in [3.8, 4) is 11.3 Å². The standard InChI is InChI=1S/C16H13ClN4O3S/c1-2-14-19-20-16(25)21(14)18-8-10-4-6-13(24-10)9-3-5-11(15(22)23)12(17)7-9/h3-8H,2H2,1H3,(H,20,25)(H,22,23)/b18-8-. The molecule has 0 fully saturated rings. The van der Waals surface area contributed by atoms with Gasteiger partial charge in [0.2, 0.25) is 4.77 Å². The van der Waals surface area contributed by atoms with Crippen LogP contribution in [0.4, 0.5) is 0 Å². The Morgan fingerprint density at radius 1 is 1.48 bits per heavy atom. The molecule has 0 bridgehead atoms. The summed E-state index contributed by atoms with van der Waals surface area (Å²) >= 11 is 11.1. The predicted molar refractivity (Wildman–Crippen MR) is 95.9 cm³/mol. The minimum Gasteiger partial charge on any atom is -0.478 e. The van der Waals surface area contributed by atoms with E-state index < -0.39 is 5.97 Å². The van der Waals surface area contributed by atoms with E-state index in [2.05, 4.69) is 15.3 Å². The van der Waals surface area contributed by atoms with Crippen LogP contribution in [0.3, 0.4) is 0 Å². The van der Waals surface area contributed by atoms with E-state index in [1.54, 1.807) is 24.3 Å². The van der Waals surface area contributed by atoms with Crippen molar-refractivity contribution in [3.05, 3.63) is 57.3 Å². The summed E-state index contributed by atoms with van der Waals surface area (Å²) in [6.07, 6.45) is 2.21. The molecule has 7 nitrogen and oxygen atoms in total. The number of halogens is 1. The van der Waals surface area contributed by atoms with Gasteiger partial charge in [-0.2, -0.15) is 14.9 Å². The molecular formula is C16H13ClN4O3S. The number of rotatable bonds is 5. The topological polar surface area (TPSA) is 96.4 Å². The van der Waals surface area contributed by atoms with Crippen molar-refractivity contribution in [2.24, 2.45) is 5.10 Å². The number of furan rings is 1. The van der Waals surface area contributed by atoms with Gasteiger partial charge in [-0.3, -0.25) is 5.10 Å². The van der Waals surface area contributed by atoms with Crippen LogP contribution < -0.4 is 0 Å². The van der Waals surface area contributed by atoms with Crippen molar-refractivity contribution in [2.75, 3.05) is 0 Å². The van der Waals surface area contributed by atoms with E-state index in [-0.39, 0.29) is 10.6 Å². The smallest absolute Gasteiger partial charge is 0.337 e. The predicted octanol–water partition coefficient (Wildman–Crippen LogP) is 4.00. The van der Waals surface area contributed by atoms with Crippen LogP contribution in [0.25, 0.3) is 11.3 Å². The van der Waals surface area contributed by atoms with Crippen LogP contribution in [0.1, 0.15) is 28.9 Å². The van der Waals surface area contributed by atoms with Gasteiger partial charge in [-0.25, -0.2) is 4.79 Å². The highest BCUT2D eigenvalue weighted by atomic mass is 35.5. The second-order valence-corrected chi connectivity index (χ2v) is 5.85. The summed E-state index contributed by atoms with van der Waals surface area (Å²) in [7, 11) is 0. The van der Waals surface area contributed by atoms with Crippen molar-refractivity contribution >= 4 is 36.0 Å². The van der Waals surface area contributed by atoms with E-state index in [0.717, 1.165) is 0 Å². The first-order valence-corrected chi connectivity index (χ1v) is 8.12. The van der Waals surface area contributed by atoms with Crippen molar-refractivity contribution < 1.29 is 14.3 Å². The molecule has 2 heterocycles. The lowest BCUT2D eigenvalue weighted by molar-refractivity contribution is 0.0697. The van der Waals surface area contributed by atoms with E-state index in [0.29, 0.717) is 34.1 Å². The number of carboxylic acids is 1. The van der Waals surface area contributed by atoms with E-state index in [1.807, 2.05) is 6.92 Å². The molecule has 0 amide bonds. The lowest BCUT2D eigenvalue weighted by Gasteiger charge is -2.01. The van der Waals surface area contributed by atoms with Crippen LogP contribution in [0.2, 0.25) is 5.02 Å². The highest BCUT2D eigenvalue weighted by Gasteiger charge is 2.11. The lowest BCUT2D eigenvalue weighted by atomic mass is 10.1. The van der Waals surface area contributed by atoms with Gasteiger partial charge in [0.25, 0.3) is 0 Å². The first-order chi connectivity index (χ1) is 12.0. The Morgan fingerprint density at radius 3 is 2.96 bits per heavy atom. The number of aromatic amines is 1. The fourth-order valence-electron chi connectivity index (χ4n) is 2.21. The van der Waals surface area contributed by atoms with Gasteiger partial charge in [0, 0.05) is 12.0 Å². The number of hydrogen-bond acceptors (Lipinski definition) is 5. The SMILES string of the molecule is CCc1n[nH]c(=S)n1/N=C\c1ccc(-c2ccc(C(=O)O)c(Cl)c2)o1. The zero-order chi connectivity index (χ0) is 18.0. The molecule has 0 saturated heterocycles. The number of aromatic carboxylic acids is 1. The Hall–Kier alpha value is -2.71. The molecule has 0 saturated carbocycles. The third-order valence-electron chi connectivity index (χ3n) is 3.44. The van der Waals surface area contributed by atoms with Crippen molar-refractivity contribution in [1.82, 2.24) is 14.9 Å². The first-order valence-electron chi connectivity index (χ1n) is 7.33. The van der Waals surface area contributed by atoms with Crippen LogP contribution in [0.15, 0.2) is 39.9 Å². The summed E-state index contributed by atoms with van der Waals surface area (Å²) in [5.74, 6) is 0.696. The molecule has 1 aromatic carbocycles. The molecule has 0 unspecified atom stereocenters. The molecule has 0 aliphatic heterocycles. The molecule has 3 aromatic rings. The van der Waals surface area contributed by atoms with E-state index in [9.17, 15) is 4.79 Å². The normalized spacial score (nSPS) is 11.3. The molecule has 2 aromatic heterocycles. The van der Waals surface area contributed by atoms with E-state index in [4.69, 9.17) is 33.3 Å². The minimum absolute atomic E-state index is 0.0418. The maximum atomic E-state index is 11.0. The fourth-order valence-corrected chi connectivity index (χ4v) is 2.67. The number of H-pyrrole nitrogens is 1. The number of nitrogens with one attached hydrogen (secondary N) is 1. The molecule has 0 atom stereocenters. The van der Waals surface area contributed by atoms with Crippen LogP contribution in [-0.4, -0.2) is 32.2 Å². The zero-order valence-electron chi connectivity index (χ0n) is 13.1. The Labute approximate surface area is 152 Å². The van der Waals surface area contributed by atoms with Gasteiger partial charge in [-0.05, 0) is 36.5 Å². The second-order valence-electron chi connectivity index (χ2n) is 5.06. The maximum Gasteiger partial charge on any atom is 0.337 e. The van der Waals surface area contributed by atoms with Gasteiger partial charge in [0.15, 0.2) is 5.82 Å².